The van der Waals surface area contributed by atoms with Gasteiger partial charge in [0.2, 0.25) is 0 Å². The average Bonchev–Trinajstić information content (AvgIpc) is 3.08. The van der Waals surface area contributed by atoms with Crippen LogP contribution in [0.1, 0.15) is 23.2 Å². The van der Waals surface area contributed by atoms with Gasteiger partial charge in [0.1, 0.15) is 10.7 Å². The van der Waals surface area contributed by atoms with Crippen molar-refractivity contribution in [2.45, 2.75) is 17.7 Å². The van der Waals surface area contributed by atoms with Crippen LogP contribution in [0.5, 0.6) is 0 Å². The molecule has 0 saturated heterocycles. The Morgan fingerprint density at radius 2 is 2.11 bits per heavy atom. The molecule has 2 rings (SSSR count). The number of benzene rings is 1. The van der Waals surface area contributed by atoms with Gasteiger partial charge < -0.3 is 4.74 Å². The van der Waals surface area contributed by atoms with Gasteiger partial charge in [0.05, 0.1) is 12.2 Å². The van der Waals surface area contributed by atoms with Crippen LogP contribution in [-0.4, -0.2) is 21.0 Å². The molecule has 1 fully saturated rings. The Labute approximate surface area is 108 Å². The molecule has 1 aromatic carbocycles. The number of carbonyl (C=O) groups excluding carboxylic acids is 1. The first kappa shape index (κ1) is 13.3. The van der Waals surface area contributed by atoms with E-state index in [-0.39, 0.29) is 5.56 Å². The van der Waals surface area contributed by atoms with E-state index in [4.69, 9.17) is 15.4 Å². The lowest BCUT2D eigenvalue weighted by molar-refractivity contribution is 0.0485. The summed E-state index contributed by atoms with van der Waals surface area (Å²) in [6.07, 6.45) is 2.05. The van der Waals surface area contributed by atoms with E-state index in [2.05, 4.69) is 0 Å². The number of halogens is 2. The first-order valence-electron chi connectivity index (χ1n) is 5.29. The molecule has 0 unspecified atom stereocenters. The molecule has 0 N–H and O–H groups in total. The fraction of sp³-hybridized carbons (Fsp3) is 0.364. The van der Waals surface area contributed by atoms with Crippen LogP contribution in [0.3, 0.4) is 0 Å². The summed E-state index contributed by atoms with van der Waals surface area (Å²) < 4.78 is 40.4. The lowest BCUT2D eigenvalue weighted by Gasteiger charge is -2.05. The number of hydrogen-bond donors (Lipinski definition) is 0. The largest absolute Gasteiger partial charge is 0.462 e. The summed E-state index contributed by atoms with van der Waals surface area (Å²) in [6.45, 7) is 0.305. The van der Waals surface area contributed by atoms with Gasteiger partial charge in [-0.05, 0) is 37.0 Å². The fourth-order valence-corrected chi connectivity index (χ4v) is 2.30. The second kappa shape index (κ2) is 4.85. The minimum Gasteiger partial charge on any atom is -0.462 e. The maximum atomic E-state index is 13.2. The highest BCUT2D eigenvalue weighted by molar-refractivity contribution is 8.13. The topological polar surface area (TPSA) is 60.4 Å². The summed E-state index contributed by atoms with van der Waals surface area (Å²) in [5.41, 5.74) is -0.0312. The Morgan fingerprint density at radius 3 is 2.67 bits per heavy atom. The smallest absolute Gasteiger partial charge is 0.338 e. The van der Waals surface area contributed by atoms with Gasteiger partial charge in [0, 0.05) is 10.7 Å². The molecule has 18 heavy (non-hydrogen) atoms. The summed E-state index contributed by atoms with van der Waals surface area (Å²) >= 11 is 0. The molecule has 0 spiro atoms. The monoisotopic (exact) mass is 292 g/mol. The van der Waals surface area contributed by atoms with E-state index < -0.39 is 25.7 Å². The molecule has 1 aliphatic rings. The van der Waals surface area contributed by atoms with Gasteiger partial charge in [-0.15, -0.1) is 0 Å². The van der Waals surface area contributed by atoms with Crippen LogP contribution in [0.2, 0.25) is 0 Å². The highest BCUT2D eigenvalue weighted by atomic mass is 35.7. The molecule has 0 heterocycles. The second-order valence-corrected chi connectivity index (χ2v) is 6.66. The third-order valence-electron chi connectivity index (χ3n) is 2.58. The van der Waals surface area contributed by atoms with Crippen molar-refractivity contribution in [3.05, 3.63) is 29.6 Å². The van der Waals surface area contributed by atoms with Gasteiger partial charge in [-0.2, -0.15) is 0 Å². The Balaban J connectivity index is 2.20. The number of rotatable bonds is 4. The summed E-state index contributed by atoms with van der Waals surface area (Å²) in [4.78, 5) is 10.9. The van der Waals surface area contributed by atoms with E-state index in [9.17, 15) is 17.6 Å². The van der Waals surface area contributed by atoms with Crippen molar-refractivity contribution in [1.82, 2.24) is 0 Å². The van der Waals surface area contributed by atoms with E-state index in [1.54, 1.807) is 0 Å². The van der Waals surface area contributed by atoms with E-state index in [1.807, 2.05) is 0 Å². The maximum Gasteiger partial charge on any atom is 0.338 e. The summed E-state index contributed by atoms with van der Waals surface area (Å²) in [6, 6.07) is 2.92. The van der Waals surface area contributed by atoms with Crippen molar-refractivity contribution >= 4 is 25.7 Å². The molecular formula is C11H10ClFO4S. The highest BCUT2D eigenvalue weighted by Gasteiger charge is 2.24. The predicted molar refractivity (Wildman–Crippen MR) is 62.4 cm³/mol. The Morgan fingerprint density at radius 1 is 1.44 bits per heavy atom. The van der Waals surface area contributed by atoms with Crippen LogP contribution < -0.4 is 0 Å². The van der Waals surface area contributed by atoms with Crippen LogP contribution in [0.4, 0.5) is 4.39 Å². The lowest BCUT2D eigenvalue weighted by Crippen LogP contribution is -2.09. The molecule has 0 amide bonds. The molecule has 0 atom stereocenters. The number of hydrogen-bond acceptors (Lipinski definition) is 4. The molecule has 7 heteroatoms. The molecule has 0 aromatic heterocycles. The number of ether oxygens (including phenoxy) is 1. The SMILES string of the molecule is O=C(OCC1CC1)c1ccc(F)c(S(=O)(=O)Cl)c1. The van der Waals surface area contributed by atoms with E-state index in [0.717, 1.165) is 31.0 Å². The quantitative estimate of drug-likeness (QED) is 0.631. The van der Waals surface area contributed by atoms with E-state index in [1.165, 1.54) is 0 Å². The zero-order chi connectivity index (χ0) is 13.3. The van der Waals surface area contributed by atoms with Gasteiger partial charge in [-0.1, -0.05) is 0 Å². The number of carbonyl (C=O) groups is 1. The van der Waals surface area contributed by atoms with E-state index in [0.29, 0.717) is 12.5 Å². The fourth-order valence-electron chi connectivity index (χ4n) is 1.38. The summed E-state index contributed by atoms with van der Waals surface area (Å²) in [5.74, 6) is -1.28. The molecule has 1 aromatic rings. The molecule has 1 aliphatic carbocycles. The van der Waals surface area contributed by atoms with E-state index >= 15 is 0 Å². The van der Waals surface area contributed by atoms with Gasteiger partial charge in [-0.25, -0.2) is 17.6 Å². The molecule has 0 bridgehead atoms. The van der Waals surface area contributed by atoms with Gasteiger partial charge >= 0.3 is 5.97 Å². The molecular weight excluding hydrogens is 283 g/mol. The Hall–Kier alpha value is -1.14. The van der Waals surface area contributed by atoms with Crippen molar-refractivity contribution in [3.63, 3.8) is 0 Å². The van der Waals surface area contributed by atoms with Crippen LogP contribution in [0.15, 0.2) is 23.1 Å². The number of esters is 1. The molecule has 0 aliphatic heterocycles. The van der Waals surface area contributed by atoms with Crippen LogP contribution in [-0.2, 0) is 13.8 Å². The third-order valence-corrected chi connectivity index (χ3v) is 3.91. The highest BCUT2D eigenvalue weighted by Crippen LogP contribution is 2.29. The predicted octanol–water partition coefficient (Wildman–Crippen LogP) is 2.32. The van der Waals surface area contributed by atoms with Gasteiger partial charge in [0.25, 0.3) is 9.05 Å². The van der Waals surface area contributed by atoms with Crippen molar-refractivity contribution < 1.29 is 22.3 Å². The molecule has 4 nitrogen and oxygen atoms in total. The van der Waals surface area contributed by atoms with Crippen LogP contribution >= 0.6 is 10.7 Å². The van der Waals surface area contributed by atoms with Gasteiger partial charge in [-0.3, -0.25) is 0 Å². The van der Waals surface area contributed by atoms with Crippen LogP contribution in [0, 0.1) is 11.7 Å². The van der Waals surface area contributed by atoms with Gasteiger partial charge in [0.15, 0.2) is 0 Å². The first-order chi connectivity index (χ1) is 8.38. The minimum absolute atomic E-state index is 0.0312. The Bertz CT molecular complexity index is 581. The molecule has 1 saturated carbocycles. The first-order valence-corrected chi connectivity index (χ1v) is 7.60. The maximum absolute atomic E-state index is 13.2. The molecule has 0 radical (unpaired) electrons. The lowest BCUT2D eigenvalue weighted by atomic mass is 10.2. The van der Waals surface area contributed by atoms with Crippen molar-refractivity contribution in [2.75, 3.05) is 6.61 Å². The second-order valence-electron chi connectivity index (χ2n) is 4.12. The minimum atomic E-state index is -4.22. The average molecular weight is 293 g/mol. The standard InChI is InChI=1S/C11H10ClFO4S/c12-18(15,16)10-5-8(3-4-9(10)13)11(14)17-6-7-1-2-7/h3-5,7H,1-2,6H2. The van der Waals surface area contributed by atoms with Crippen LogP contribution in [0.25, 0.3) is 0 Å². The third kappa shape index (κ3) is 3.20. The summed E-state index contributed by atoms with van der Waals surface area (Å²) in [5, 5.41) is 0. The zero-order valence-corrected chi connectivity index (χ0v) is 10.8. The normalized spacial score (nSPS) is 15.4. The Kier molecular flexibility index (Phi) is 3.59. The van der Waals surface area contributed by atoms with Crippen molar-refractivity contribution in [3.8, 4) is 0 Å². The van der Waals surface area contributed by atoms with Crippen molar-refractivity contribution in [2.24, 2.45) is 5.92 Å². The molecule has 98 valence electrons. The summed E-state index contributed by atoms with van der Waals surface area (Å²) in [7, 11) is 0.839. The zero-order valence-electron chi connectivity index (χ0n) is 9.23. The van der Waals surface area contributed by atoms with Crippen molar-refractivity contribution in [1.29, 1.82) is 0 Å².